The SMILES string of the molecule is CN1C(=O)[C@H]2CN(c3ncc(C#N)c(N)n3)C[C@H]2C1=O. The van der Waals surface area contributed by atoms with Crippen LogP contribution in [0.3, 0.4) is 0 Å². The highest BCUT2D eigenvalue weighted by molar-refractivity contribution is 6.06. The molecular formula is C12H12N6O2. The van der Waals surface area contributed by atoms with Crippen LogP contribution in [0.2, 0.25) is 0 Å². The predicted molar refractivity (Wildman–Crippen MR) is 68.1 cm³/mol. The Hall–Kier alpha value is -2.69. The number of aromatic nitrogens is 2. The van der Waals surface area contributed by atoms with Gasteiger partial charge in [0.1, 0.15) is 17.5 Å². The van der Waals surface area contributed by atoms with Gasteiger partial charge in [0.2, 0.25) is 17.8 Å². The number of hydrogen-bond acceptors (Lipinski definition) is 7. The summed E-state index contributed by atoms with van der Waals surface area (Å²) in [6.07, 6.45) is 1.35. The molecule has 102 valence electrons. The topological polar surface area (TPSA) is 116 Å². The highest BCUT2D eigenvalue weighted by Gasteiger charge is 2.51. The molecule has 2 aliphatic heterocycles. The number of amides is 2. The minimum atomic E-state index is -0.340. The molecule has 20 heavy (non-hydrogen) atoms. The smallest absolute Gasteiger partial charge is 0.234 e. The first-order chi connectivity index (χ1) is 9.52. The summed E-state index contributed by atoms with van der Waals surface area (Å²) in [4.78, 5) is 34.9. The Morgan fingerprint density at radius 1 is 1.35 bits per heavy atom. The lowest BCUT2D eigenvalue weighted by Gasteiger charge is -2.18. The third kappa shape index (κ3) is 1.60. The van der Waals surface area contributed by atoms with Gasteiger partial charge < -0.3 is 10.6 Å². The molecule has 1 aromatic rings. The summed E-state index contributed by atoms with van der Waals surface area (Å²) in [5.41, 5.74) is 5.86. The second kappa shape index (κ2) is 4.16. The largest absolute Gasteiger partial charge is 0.382 e. The Morgan fingerprint density at radius 2 is 1.95 bits per heavy atom. The number of nitriles is 1. The van der Waals surface area contributed by atoms with Crippen LogP contribution in [0.4, 0.5) is 11.8 Å². The molecule has 3 rings (SSSR count). The van der Waals surface area contributed by atoms with Crippen LogP contribution in [0.1, 0.15) is 5.56 Å². The third-order valence-corrected chi connectivity index (χ3v) is 3.82. The summed E-state index contributed by atoms with van der Waals surface area (Å²) in [5, 5.41) is 8.79. The van der Waals surface area contributed by atoms with Gasteiger partial charge in [0, 0.05) is 20.1 Å². The third-order valence-electron chi connectivity index (χ3n) is 3.82. The van der Waals surface area contributed by atoms with Gasteiger partial charge >= 0.3 is 0 Å². The van der Waals surface area contributed by atoms with Crippen molar-refractivity contribution < 1.29 is 9.59 Å². The molecule has 8 nitrogen and oxygen atoms in total. The van der Waals surface area contributed by atoms with Crippen molar-refractivity contribution in [1.29, 1.82) is 5.26 Å². The molecular weight excluding hydrogens is 260 g/mol. The lowest BCUT2D eigenvalue weighted by molar-refractivity contribution is -0.138. The number of imide groups is 1. The van der Waals surface area contributed by atoms with E-state index in [0.717, 1.165) is 0 Å². The molecule has 2 saturated heterocycles. The van der Waals surface area contributed by atoms with Crippen molar-refractivity contribution in [1.82, 2.24) is 14.9 Å². The summed E-state index contributed by atoms with van der Waals surface area (Å²) in [6, 6.07) is 1.89. The molecule has 2 amide bonds. The molecule has 1 aromatic heterocycles. The van der Waals surface area contributed by atoms with Crippen molar-refractivity contribution in [2.45, 2.75) is 0 Å². The van der Waals surface area contributed by atoms with Crippen LogP contribution in [0.15, 0.2) is 6.20 Å². The highest BCUT2D eigenvalue weighted by atomic mass is 16.2. The van der Waals surface area contributed by atoms with E-state index in [2.05, 4.69) is 9.97 Å². The second-order valence-corrected chi connectivity index (χ2v) is 4.93. The monoisotopic (exact) mass is 272 g/mol. The summed E-state index contributed by atoms with van der Waals surface area (Å²) in [5.74, 6) is -0.558. The van der Waals surface area contributed by atoms with Crippen molar-refractivity contribution in [3.8, 4) is 6.07 Å². The fourth-order valence-electron chi connectivity index (χ4n) is 2.70. The second-order valence-electron chi connectivity index (χ2n) is 4.93. The van der Waals surface area contributed by atoms with Crippen molar-refractivity contribution >= 4 is 23.6 Å². The Bertz CT molecular complexity index is 628. The normalized spacial score (nSPS) is 25.0. The molecule has 2 N–H and O–H groups in total. The van der Waals surface area contributed by atoms with Crippen LogP contribution in [0.5, 0.6) is 0 Å². The molecule has 2 fully saturated rings. The molecule has 3 heterocycles. The lowest BCUT2D eigenvalue weighted by Crippen LogP contribution is -2.33. The van der Waals surface area contributed by atoms with Crippen LogP contribution in [-0.4, -0.2) is 46.8 Å². The van der Waals surface area contributed by atoms with Crippen LogP contribution in [0.25, 0.3) is 0 Å². The number of likely N-dealkylation sites (tertiary alicyclic amines) is 1. The molecule has 0 aromatic carbocycles. The van der Waals surface area contributed by atoms with E-state index in [4.69, 9.17) is 11.0 Å². The molecule has 8 heteroatoms. The first kappa shape index (κ1) is 12.3. The van der Waals surface area contributed by atoms with Gasteiger partial charge in [0.25, 0.3) is 0 Å². The molecule has 0 spiro atoms. The van der Waals surface area contributed by atoms with E-state index in [1.54, 1.807) is 4.90 Å². The predicted octanol–water partition coefficient (Wildman–Crippen LogP) is -1.02. The average molecular weight is 272 g/mol. The van der Waals surface area contributed by atoms with E-state index in [0.29, 0.717) is 19.0 Å². The maximum absolute atomic E-state index is 11.9. The molecule has 0 radical (unpaired) electrons. The quantitative estimate of drug-likeness (QED) is 0.650. The van der Waals surface area contributed by atoms with E-state index >= 15 is 0 Å². The van der Waals surface area contributed by atoms with Crippen LogP contribution in [0, 0.1) is 23.2 Å². The zero-order valence-electron chi connectivity index (χ0n) is 10.8. The summed E-state index contributed by atoms with van der Waals surface area (Å²) in [6.45, 7) is 0.788. The maximum atomic E-state index is 11.9. The van der Waals surface area contributed by atoms with E-state index in [1.165, 1.54) is 18.1 Å². The van der Waals surface area contributed by atoms with Gasteiger partial charge in [0.15, 0.2) is 0 Å². The highest BCUT2D eigenvalue weighted by Crippen LogP contribution is 2.34. The van der Waals surface area contributed by atoms with Gasteiger partial charge in [-0.05, 0) is 0 Å². The average Bonchev–Trinajstić information content (AvgIpc) is 2.96. The van der Waals surface area contributed by atoms with Gasteiger partial charge in [-0.3, -0.25) is 14.5 Å². The van der Waals surface area contributed by atoms with Gasteiger partial charge in [-0.2, -0.15) is 10.2 Å². The number of carbonyl (C=O) groups excluding carboxylic acids is 2. The first-order valence-electron chi connectivity index (χ1n) is 6.12. The van der Waals surface area contributed by atoms with E-state index in [9.17, 15) is 9.59 Å². The zero-order chi connectivity index (χ0) is 14.4. The molecule has 2 atom stereocenters. The van der Waals surface area contributed by atoms with Crippen LogP contribution < -0.4 is 10.6 Å². The summed E-state index contributed by atoms with van der Waals surface area (Å²) >= 11 is 0. The fourth-order valence-corrected chi connectivity index (χ4v) is 2.70. The van der Waals surface area contributed by atoms with E-state index < -0.39 is 0 Å². The summed E-state index contributed by atoms with van der Waals surface area (Å²) in [7, 11) is 1.50. The first-order valence-corrected chi connectivity index (χ1v) is 6.12. The van der Waals surface area contributed by atoms with Crippen molar-refractivity contribution in [2.24, 2.45) is 11.8 Å². The molecule has 0 unspecified atom stereocenters. The van der Waals surface area contributed by atoms with Gasteiger partial charge in [0.05, 0.1) is 18.0 Å². The number of anilines is 2. The number of nitrogens with zero attached hydrogens (tertiary/aromatic N) is 5. The Morgan fingerprint density at radius 3 is 2.45 bits per heavy atom. The Kier molecular flexibility index (Phi) is 2.57. The Balaban J connectivity index is 1.86. The van der Waals surface area contributed by atoms with Crippen molar-refractivity contribution in [3.63, 3.8) is 0 Å². The number of carbonyl (C=O) groups is 2. The fraction of sp³-hybridized carbons (Fsp3) is 0.417. The van der Waals surface area contributed by atoms with Crippen LogP contribution >= 0.6 is 0 Å². The van der Waals surface area contributed by atoms with Gasteiger partial charge in [-0.25, -0.2) is 4.98 Å². The number of fused-ring (bicyclic) bond motifs is 1. The molecule has 0 saturated carbocycles. The number of nitrogen functional groups attached to an aromatic ring is 1. The van der Waals surface area contributed by atoms with Gasteiger partial charge in [-0.15, -0.1) is 0 Å². The van der Waals surface area contributed by atoms with E-state index in [-0.39, 0.29) is 35.0 Å². The molecule has 0 aliphatic carbocycles. The van der Waals surface area contributed by atoms with Crippen molar-refractivity contribution in [3.05, 3.63) is 11.8 Å². The number of nitrogens with two attached hydrogens (primary N) is 1. The Labute approximate surface area is 114 Å². The minimum Gasteiger partial charge on any atom is -0.382 e. The number of rotatable bonds is 1. The van der Waals surface area contributed by atoms with E-state index in [1.807, 2.05) is 6.07 Å². The summed E-state index contributed by atoms with van der Waals surface area (Å²) < 4.78 is 0. The standard InChI is InChI=1S/C12H12N6O2/c1-17-10(19)7-4-18(5-8(7)11(17)20)12-15-3-6(2-13)9(14)16-12/h3,7-8H,4-5H2,1H3,(H2,14,15,16)/t7-,8+. The van der Waals surface area contributed by atoms with Crippen molar-refractivity contribution in [2.75, 3.05) is 30.8 Å². The van der Waals surface area contributed by atoms with Gasteiger partial charge in [-0.1, -0.05) is 0 Å². The minimum absolute atomic E-state index is 0.101. The lowest BCUT2D eigenvalue weighted by atomic mass is 10.00. The maximum Gasteiger partial charge on any atom is 0.234 e. The molecule has 2 aliphatic rings. The molecule has 0 bridgehead atoms. The number of hydrogen-bond donors (Lipinski definition) is 1. The van der Waals surface area contributed by atoms with Crippen LogP contribution in [-0.2, 0) is 9.59 Å². The zero-order valence-corrected chi connectivity index (χ0v) is 10.8.